The Hall–Kier alpha value is -1.44. The molecule has 2 rings (SSSR count). The molecule has 0 bridgehead atoms. The van der Waals surface area contributed by atoms with E-state index < -0.39 is 0 Å². The molecule has 0 saturated carbocycles. The van der Waals surface area contributed by atoms with E-state index in [-0.39, 0.29) is 5.82 Å². The zero-order valence-corrected chi connectivity index (χ0v) is 10.4. The van der Waals surface area contributed by atoms with Crippen LogP contribution >= 0.6 is 0 Å². The van der Waals surface area contributed by atoms with E-state index in [1.54, 1.807) is 6.07 Å². The quantitative estimate of drug-likeness (QED) is 0.889. The standard InChI is InChI=1S/C14H18FN3/c15-13-5-4-11(12(7-13)8-16)10-18-6-2-1-3-14(18)9-17/h4-5,7,14H,1-3,6,9-10,17H2. The van der Waals surface area contributed by atoms with E-state index in [0.717, 1.165) is 18.5 Å². The summed E-state index contributed by atoms with van der Waals surface area (Å²) in [6.07, 6.45) is 3.49. The summed E-state index contributed by atoms with van der Waals surface area (Å²) in [6.45, 7) is 2.33. The molecule has 0 aromatic heterocycles. The zero-order chi connectivity index (χ0) is 13.0. The molecule has 1 heterocycles. The Morgan fingerprint density at radius 2 is 2.28 bits per heavy atom. The van der Waals surface area contributed by atoms with Gasteiger partial charge in [-0.25, -0.2) is 4.39 Å². The van der Waals surface area contributed by atoms with Crippen molar-refractivity contribution < 1.29 is 4.39 Å². The van der Waals surface area contributed by atoms with E-state index in [1.807, 2.05) is 0 Å². The molecule has 0 aliphatic carbocycles. The summed E-state index contributed by atoms with van der Waals surface area (Å²) in [4.78, 5) is 2.30. The van der Waals surface area contributed by atoms with E-state index >= 15 is 0 Å². The van der Waals surface area contributed by atoms with Crippen LogP contribution in [0.3, 0.4) is 0 Å². The highest BCUT2D eigenvalue weighted by atomic mass is 19.1. The topological polar surface area (TPSA) is 53.0 Å². The highest BCUT2D eigenvalue weighted by molar-refractivity contribution is 5.37. The van der Waals surface area contributed by atoms with Crippen molar-refractivity contribution in [1.82, 2.24) is 4.90 Å². The average Bonchev–Trinajstić information content (AvgIpc) is 2.41. The van der Waals surface area contributed by atoms with Crippen molar-refractivity contribution in [2.45, 2.75) is 31.8 Å². The number of nitrogens with zero attached hydrogens (tertiary/aromatic N) is 2. The maximum atomic E-state index is 13.1. The first-order chi connectivity index (χ1) is 8.74. The molecule has 3 nitrogen and oxygen atoms in total. The van der Waals surface area contributed by atoms with Gasteiger partial charge in [0.2, 0.25) is 0 Å². The number of nitrogens with two attached hydrogens (primary N) is 1. The van der Waals surface area contributed by atoms with Crippen LogP contribution in [0.4, 0.5) is 4.39 Å². The van der Waals surface area contributed by atoms with Gasteiger partial charge in [-0.3, -0.25) is 4.90 Å². The Balaban J connectivity index is 2.15. The molecule has 4 heteroatoms. The van der Waals surface area contributed by atoms with Gasteiger partial charge in [-0.05, 0) is 37.1 Å². The Morgan fingerprint density at radius 3 is 3.00 bits per heavy atom. The first-order valence-electron chi connectivity index (χ1n) is 6.37. The van der Waals surface area contributed by atoms with E-state index in [1.165, 1.54) is 25.0 Å². The van der Waals surface area contributed by atoms with E-state index in [9.17, 15) is 4.39 Å². The Kier molecular flexibility index (Phi) is 4.29. The van der Waals surface area contributed by atoms with Crippen molar-refractivity contribution in [1.29, 1.82) is 5.26 Å². The van der Waals surface area contributed by atoms with Gasteiger partial charge in [-0.2, -0.15) is 5.26 Å². The molecule has 96 valence electrons. The summed E-state index contributed by atoms with van der Waals surface area (Å²) in [5.41, 5.74) is 7.09. The van der Waals surface area contributed by atoms with Gasteiger partial charge in [0.15, 0.2) is 0 Å². The van der Waals surface area contributed by atoms with Gasteiger partial charge in [0.25, 0.3) is 0 Å². The molecule has 2 N–H and O–H groups in total. The lowest BCUT2D eigenvalue weighted by Gasteiger charge is -2.35. The predicted octanol–water partition coefficient (Wildman–Crippen LogP) is 2.01. The van der Waals surface area contributed by atoms with Crippen LogP contribution < -0.4 is 5.73 Å². The normalized spacial score (nSPS) is 20.6. The number of hydrogen-bond acceptors (Lipinski definition) is 3. The van der Waals surface area contributed by atoms with Gasteiger partial charge >= 0.3 is 0 Å². The zero-order valence-electron chi connectivity index (χ0n) is 10.4. The Bertz CT molecular complexity index is 453. The summed E-state index contributed by atoms with van der Waals surface area (Å²) >= 11 is 0. The summed E-state index contributed by atoms with van der Waals surface area (Å²) in [7, 11) is 0. The van der Waals surface area contributed by atoms with Gasteiger partial charge in [-0.1, -0.05) is 12.5 Å². The largest absolute Gasteiger partial charge is 0.329 e. The molecule has 1 atom stereocenters. The van der Waals surface area contributed by atoms with Crippen LogP contribution in [-0.4, -0.2) is 24.0 Å². The van der Waals surface area contributed by atoms with Crippen LogP contribution in [0.15, 0.2) is 18.2 Å². The maximum Gasteiger partial charge on any atom is 0.124 e. The third kappa shape index (κ3) is 2.87. The molecule has 1 unspecified atom stereocenters. The maximum absolute atomic E-state index is 13.1. The second kappa shape index (κ2) is 5.94. The van der Waals surface area contributed by atoms with Gasteiger partial charge in [0, 0.05) is 19.1 Å². The molecule has 1 saturated heterocycles. The van der Waals surface area contributed by atoms with Crippen molar-refractivity contribution >= 4 is 0 Å². The molecule has 1 aliphatic rings. The number of likely N-dealkylation sites (tertiary alicyclic amines) is 1. The number of benzene rings is 1. The van der Waals surface area contributed by atoms with Crippen LogP contribution in [-0.2, 0) is 6.54 Å². The highest BCUT2D eigenvalue weighted by Gasteiger charge is 2.21. The van der Waals surface area contributed by atoms with Crippen LogP contribution in [0, 0.1) is 17.1 Å². The summed E-state index contributed by atoms with van der Waals surface area (Å²) in [5.74, 6) is -0.357. The monoisotopic (exact) mass is 247 g/mol. The van der Waals surface area contributed by atoms with Gasteiger partial charge < -0.3 is 5.73 Å². The molecule has 0 radical (unpaired) electrons. The second-order valence-corrected chi connectivity index (χ2v) is 4.77. The third-order valence-corrected chi connectivity index (χ3v) is 3.59. The van der Waals surface area contributed by atoms with Crippen molar-refractivity contribution in [3.63, 3.8) is 0 Å². The van der Waals surface area contributed by atoms with Crippen molar-refractivity contribution in [2.75, 3.05) is 13.1 Å². The van der Waals surface area contributed by atoms with Crippen LogP contribution in [0.1, 0.15) is 30.4 Å². The van der Waals surface area contributed by atoms with Gasteiger partial charge in [0.05, 0.1) is 11.6 Å². The van der Waals surface area contributed by atoms with E-state index in [4.69, 9.17) is 11.0 Å². The summed E-state index contributed by atoms with van der Waals surface area (Å²) in [5, 5.41) is 9.04. The minimum atomic E-state index is -0.357. The molecule has 1 aromatic carbocycles. The molecule has 1 aromatic rings. The fraction of sp³-hybridized carbons (Fsp3) is 0.500. The Morgan fingerprint density at radius 1 is 1.44 bits per heavy atom. The molecule has 0 amide bonds. The molecular formula is C14H18FN3. The summed E-state index contributed by atoms with van der Waals surface area (Å²) in [6, 6.07) is 6.87. The molecular weight excluding hydrogens is 229 g/mol. The molecule has 0 spiro atoms. The van der Waals surface area contributed by atoms with Crippen LogP contribution in [0.2, 0.25) is 0 Å². The first kappa shape index (κ1) is 13.0. The highest BCUT2D eigenvalue weighted by Crippen LogP contribution is 2.20. The Labute approximate surface area is 107 Å². The number of nitriles is 1. The predicted molar refractivity (Wildman–Crippen MR) is 68.2 cm³/mol. The van der Waals surface area contributed by atoms with Crippen molar-refractivity contribution in [3.8, 4) is 6.07 Å². The number of hydrogen-bond donors (Lipinski definition) is 1. The van der Waals surface area contributed by atoms with Crippen LogP contribution in [0.25, 0.3) is 0 Å². The fourth-order valence-electron chi connectivity index (χ4n) is 2.54. The van der Waals surface area contributed by atoms with Crippen LogP contribution in [0.5, 0.6) is 0 Å². The lowest BCUT2D eigenvalue weighted by Crippen LogP contribution is -2.43. The SMILES string of the molecule is N#Cc1cc(F)ccc1CN1CCCCC1CN. The number of piperidine rings is 1. The van der Waals surface area contributed by atoms with E-state index in [2.05, 4.69) is 11.0 Å². The third-order valence-electron chi connectivity index (χ3n) is 3.59. The lowest BCUT2D eigenvalue weighted by molar-refractivity contribution is 0.144. The van der Waals surface area contributed by atoms with Crippen molar-refractivity contribution in [2.24, 2.45) is 5.73 Å². The first-order valence-corrected chi connectivity index (χ1v) is 6.37. The molecule has 18 heavy (non-hydrogen) atoms. The fourth-order valence-corrected chi connectivity index (χ4v) is 2.54. The summed E-state index contributed by atoms with van der Waals surface area (Å²) < 4.78 is 13.1. The van der Waals surface area contributed by atoms with Crippen molar-refractivity contribution in [3.05, 3.63) is 35.1 Å². The second-order valence-electron chi connectivity index (χ2n) is 4.77. The van der Waals surface area contributed by atoms with E-state index in [0.29, 0.717) is 24.7 Å². The minimum Gasteiger partial charge on any atom is -0.329 e. The minimum absolute atomic E-state index is 0.357. The molecule has 1 aliphatic heterocycles. The average molecular weight is 247 g/mol. The number of rotatable bonds is 3. The van der Waals surface area contributed by atoms with Gasteiger partial charge in [-0.15, -0.1) is 0 Å². The van der Waals surface area contributed by atoms with Gasteiger partial charge in [0.1, 0.15) is 5.82 Å². The smallest absolute Gasteiger partial charge is 0.124 e. The molecule has 1 fully saturated rings. The lowest BCUT2D eigenvalue weighted by atomic mass is 10.00. The number of halogens is 1.